The van der Waals surface area contributed by atoms with Gasteiger partial charge in [0.2, 0.25) is 0 Å². The molecule has 0 aliphatic rings. The second-order valence-corrected chi connectivity index (χ2v) is 5.46. The molecule has 0 amide bonds. The van der Waals surface area contributed by atoms with Crippen LogP contribution in [0.2, 0.25) is 0 Å². The van der Waals surface area contributed by atoms with Crippen molar-refractivity contribution in [1.82, 2.24) is 0 Å². The SMILES string of the molecule is O=C(c1cccc(S(=O)(=O)O)c1)c1ccc(O)cc1O.[H-].[Na+]. The van der Waals surface area contributed by atoms with Gasteiger partial charge in [0.25, 0.3) is 10.1 Å². The average molecular weight is 318 g/mol. The molecule has 2 aromatic rings. The fraction of sp³-hybridized carbons (Fsp3) is 0. The van der Waals surface area contributed by atoms with Crippen LogP contribution in [0.4, 0.5) is 0 Å². The molecule has 0 atom stereocenters. The number of phenolic OH excluding ortho intramolecular Hbond substituents is 2. The first kappa shape index (κ1) is 17.7. The van der Waals surface area contributed by atoms with Crippen LogP contribution in [0.3, 0.4) is 0 Å². The molecule has 0 radical (unpaired) electrons. The zero-order valence-corrected chi connectivity index (χ0v) is 13.8. The average Bonchev–Trinajstić information content (AvgIpc) is 2.37. The van der Waals surface area contributed by atoms with Gasteiger partial charge in [-0.15, -0.1) is 0 Å². The fourth-order valence-corrected chi connectivity index (χ4v) is 2.19. The summed E-state index contributed by atoms with van der Waals surface area (Å²) in [6.45, 7) is 0. The van der Waals surface area contributed by atoms with Gasteiger partial charge in [-0.3, -0.25) is 9.35 Å². The van der Waals surface area contributed by atoms with Gasteiger partial charge in [0.05, 0.1) is 10.5 Å². The number of ketones is 1. The predicted octanol–water partition coefficient (Wildman–Crippen LogP) is -1.31. The Balaban J connectivity index is 0.00000220. The molecule has 0 unspecified atom stereocenters. The zero-order valence-electron chi connectivity index (χ0n) is 12.0. The molecule has 8 heteroatoms. The third-order valence-electron chi connectivity index (χ3n) is 2.62. The number of hydrogen-bond donors (Lipinski definition) is 3. The standard InChI is InChI=1S/C13H10O6S.Na.H/c14-9-4-5-11(12(15)7-9)13(16)8-2-1-3-10(6-8)20(17,18)19;;/h1-7,14-15H,(H,17,18,19);;/q;+1;-1. The summed E-state index contributed by atoms with van der Waals surface area (Å²) in [6, 6.07) is 8.23. The van der Waals surface area contributed by atoms with E-state index in [0.717, 1.165) is 18.2 Å². The molecular weight excluding hydrogens is 307 g/mol. The van der Waals surface area contributed by atoms with Gasteiger partial charge < -0.3 is 11.6 Å². The van der Waals surface area contributed by atoms with E-state index in [1.807, 2.05) is 0 Å². The van der Waals surface area contributed by atoms with Crippen LogP contribution in [0.1, 0.15) is 17.3 Å². The molecule has 106 valence electrons. The molecule has 0 spiro atoms. The van der Waals surface area contributed by atoms with Crippen molar-refractivity contribution in [3.8, 4) is 11.5 Å². The Bertz CT molecular complexity index is 791. The number of carbonyl (C=O) groups is 1. The number of hydrogen-bond acceptors (Lipinski definition) is 5. The second-order valence-electron chi connectivity index (χ2n) is 4.03. The fourth-order valence-electron chi connectivity index (χ4n) is 1.67. The van der Waals surface area contributed by atoms with Crippen molar-refractivity contribution < 1.29 is 59.0 Å². The van der Waals surface area contributed by atoms with E-state index < -0.39 is 26.5 Å². The summed E-state index contributed by atoms with van der Waals surface area (Å²) < 4.78 is 31.0. The summed E-state index contributed by atoms with van der Waals surface area (Å²) in [7, 11) is -4.41. The summed E-state index contributed by atoms with van der Waals surface area (Å²) in [6.07, 6.45) is 0. The molecular formula is C13H11NaO6S. The van der Waals surface area contributed by atoms with E-state index in [1.165, 1.54) is 24.3 Å². The quantitative estimate of drug-likeness (QED) is 0.368. The number of aromatic hydroxyl groups is 2. The van der Waals surface area contributed by atoms with Crippen LogP contribution in [0.15, 0.2) is 47.4 Å². The van der Waals surface area contributed by atoms with Crippen molar-refractivity contribution in [2.75, 3.05) is 0 Å². The van der Waals surface area contributed by atoms with Crippen LogP contribution in [0, 0.1) is 0 Å². The van der Waals surface area contributed by atoms with Crippen LogP contribution in [-0.4, -0.2) is 29.0 Å². The summed E-state index contributed by atoms with van der Waals surface area (Å²) >= 11 is 0. The largest absolute Gasteiger partial charge is 1.00 e. The molecule has 2 aromatic carbocycles. The van der Waals surface area contributed by atoms with Crippen LogP contribution < -0.4 is 29.6 Å². The monoisotopic (exact) mass is 318 g/mol. The molecule has 0 heterocycles. The van der Waals surface area contributed by atoms with E-state index in [4.69, 9.17) is 9.66 Å². The Morgan fingerprint density at radius 3 is 2.29 bits per heavy atom. The van der Waals surface area contributed by atoms with E-state index in [0.29, 0.717) is 0 Å². The molecule has 0 aromatic heterocycles. The number of benzene rings is 2. The maximum absolute atomic E-state index is 12.1. The van der Waals surface area contributed by atoms with Crippen molar-refractivity contribution in [2.24, 2.45) is 0 Å². The van der Waals surface area contributed by atoms with Gasteiger partial charge in [0, 0.05) is 11.6 Å². The third-order valence-corrected chi connectivity index (χ3v) is 3.47. The molecule has 0 saturated heterocycles. The van der Waals surface area contributed by atoms with Gasteiger partial charge >= 0.3 is 29.6 Å². The van der Waals surface area contributed by atoms with Gasteiger partial charge in [0.15, 0.2) is 5.78 Å². The van der Waals surface area contributed by atoms with Gasteiger partial charge in [-0.05, 0) is 24.3 Å². The zero-order chi connectivity index (χ0) is 14.9. The van der Waals surface area contributed by atoms with Crippen molar-refractivity contribution in [3.63, 3.8) is 0 Å². The molecule has 3 N–H and O–H groups in total. The van der Waals surface area contributed by atoms with E-state index in [1.54, 1.807) is 0 Å². The molecule has 21 heavy (non-hydrogen) atoms. The van der Waals surface area contributed by atoms with Gasteiger partial charge in [-0.25, -0.2) is 0 Å². The van der Waals surface area contributed by atoms with Gasteiger partial charge in [-0.2, -0.15) is 8.42 Å². The minimum absolute atomic E-state index is 0. The van der Waals surface area contributed by atoms with Crippen LogP contribution in [0.5, 0.6) is 11.5 Å². The van der Waals surface area contributed by atoms with Crippen LogP contribution >= 0.6 is 0 Å². The smallest absolute Gasteiger partial charge is 1.00 e. The first-order valence-corrected chi connectivity index (χ1v) is 6.87. The van der Waals surface area contributed by atoms with Gasteiger partial charge in [0.1, 0.15) is 11.5 Å². The maximum atomic E-state index is 12.1. The Kier molecular flexibility index (Phi) is 5.54. The van der Waals surface area contributed by atoms with Crippen molar-refractivity contribution >= 4 is 15.9 Å². The first-order valence-electron chi connectivity index (χ1n) is 5.43. The Hall–Kier alpha value is -1.38. The Morgan fingerprint density at radius 1 is 1.05 bits per heavy atom. The van der Waals surface area contributed by atoms with E-state index in [-0.39, 0.29) is 47.9 Å². The van der Waals surface area contributed by atoms with Crippen molar-refractivity contribution in [1.29, 1.82) is 0 Å². The number of rotatable bonds is 3. The molecule has 0 bridgehead atoms. The topological polar surface area (TPSA) is 112 Å². The molecule has 0 saturated carbocycles. The van der Waals surface area contributed by atoms with Crippen molar-refractivity contribution in [3.05, 3.63) is 53.6 Å². The predicted molar refractivity (Wildman–Crippen MR) is 70.6 cm³/mol. The Labute approximate surface area is 144 Å². The summed E-state index contributed by atoms with van der Waals surface area (Å²) in [5.74, 6) is -1.26. The van der Waals surface area contributed by atoms with Crippen LogP contribution in [-0.2, 0) is 10.1 Å². The van der Waals surface area contributed by atoms with Gasteiger partial charge in [-0.1, -0.05) is 12.1 Å². The molecule has 0 aliphatic carbocycles. The van der Waals surface area contributed by atoms with E-state index in [2.05, 4.69) is 0 Å². The summed E-state index contributed by atoms with van der Waals surface area (Å²) in [5.41, 5.74) is -0.101. The minimum atomic E-state index is -4.41. The first-order chi connectivity index (χ1) is 9.29. The van der Waals surface area contributed by atoms with E-state index >= 15 is 0 Å². The van der Waals surface area contributed by atoms with Crippen molar-refractivity contribution in [2.45, 2.75) is 4.90 Å². The molecule has 6 nitrogen and oxygen atoms in total. The summed E-state index contributed by atoms with van der Waals surface area (Å²) in [4.78, 5) is 11.7. The Morgan fingerprint density at radius 2 is 1.71 bits per heavy atom. The van der Waals surface area contributed by atoms with E-state index in [9.17, 15) is 18.3 Å². The number of phenols is 2. The van der Waals surface area contributed by atoms with Crippen LogP contribution in [0.25, 0.3) is 0 Å². The second kappa shape index (κ2) is 6.59. The molecule has 0 fully saturated rings. The minimum Gasteiger partial charge on any atom is -1.00 e. The summed E-state index contributed by atoms with van der Waals surface area (Å²) in [5, 5.41) is 18.8. The number of carbonyl (C=O) groups excluding carboxylic acids is 1. The molecule has 0 aliphatic heterocycles. The third kappa shape index (κ3) is 4.05. The normalized spacial score (nSPS) is 10.7. The molecule has 2 rings (SSSR count). The maximum Gasteiger partial charge on any atom is 1.00 e.